The van der Waals surface area contributed by atoms with Gasteiger partial charge in [0.05, 0.1) is 0 Å². The maximum Gasteiger partial charge on any atom is 0.415 e. The minimum atomic E-state index is -4.99. The minimum absolute atomic E-state index is 0.436. The predicted molar refractivity (Wildman–Crippen MR) is 51.7 cm³/mol. The van der Waals surface area contributed by atoms with Crippen LogP contribution in [0.15, 0.2) is 0 Å². The summed E-state index contributed by atoms with van der Waals surface area (Å²) in [7, 11) is 0. The lowest BCUT2D eigenvalue weighted by Crippen LogP contribution is -2.63. The molecular formula is C9H11F3N2O3. The summed E-state index contributed by atoms with van der Waals surface area (Å²) >= 11 is 0. The molecule has 0 saturated heterocycles. The summed E-state index contributed by atoms with van der Waals surface area (Å²) in [6.07, 6.45) is -0.606. The van der Waals surface area contributed by atoms with Crippen LogP contribution >= 0.6 is 0 Å². The van der Waals surface area contributed by atoms with E-state index in [-0.39, 0.29) is 0 Å². The number of nitrogens with two attached hydrogens (primary N) is 1. The summed E-state index contributed by atoms with van der Waals surface area (Å²) in [4.78, 5) is 21.8. The molecule has 0 heterocycles. The minimum Gasteiger partial charge on any atom is -0.480 e. The molecule has 17 heavy (non-hydrogen) atoms. The van der Waals surface area contributed by atoms with Gasteiger partial charge in [-0.05, 0) is 6.92 Å². The van der Waals surface area contributed by atoms with Crippen LogP contribution in [0.1, 0.15) is 13.3 Å². The van der Waals surface area contributed by atoms with E-state index in [1.165, 1.54) is 0 Å². The fourth-order valence-corrected chi connectivity index (χ4v) is 0.755. The van der Waals surface area contributed by atoms with E-state index in [4.69, 9.17) is 17.3 Å². The standard InChI is InChI=1S/C9H11F3N2O3/c1-3-4-5(6(15)16)14-7(17)8(2,13)9(10,11)12/h1,5H,4,13H2,2H3,(H,14,17)(H,15,16). The number of nitrogens with one attached hydrogen (secondary N) is 1. The molecule has 0 aromatic carbocycles. The second kappa shape index (κ2) is 5.05. The fourth-order valence-electron chi connectivity index (χ4n) is 0.755. The van der Waals surface area contributed by atoms with Crippen LogP contribution in [0.3, 0.4) is 0 Å². The molecule has 0 aromatic heterocycles. The maximum absolute atomic E-state index is 12.3. The largest absolute Gasteiger partial charge is 0.480 e. The summed E-state index contributed by atoms with van der Waals surface area (Å²) in [5.41, 5.74) is 1.63. The van der Waals surface area contributed by atoms with Crippen molar-refractivity contribution in [3.8, 4) is 12.3 Å². The molecule has 96 valence electrons. The monoisotopic (exact) mass is 252 g/mol. The van der Waals surface area contributed by atoms with E-state index in [0.29, 0.717) is 6.92 Å². The summed E-state index contributed by atoms with van der Waals surface area (Å²) in [6, 6.07) is -1.60. The van der Waals surface area contributed by atoms with Crippen LogP contribution in [-0.4, -0.2) is 34.7 Å². The van der Waals surface area contributed by atoms with E-state index in [0.717, 1.165) is 0 Å². The van der Waals surface area contributed by atoms with Gasteiger partial charge in [0.2, 0.25) is 5.91 Å². The van der Waals surface area contributed by atoms with Crippen molar-refractivity contribution in [2.45, 2.75) is 31.1 Å². The Kier molecular flexibility index (Phi) is 4.53. The van der Waals surface area contributed by atoms with Crippen molar-refractivity contribution in [1.82, 2.24) is 5.32 Å². The van der Waals surface area contributed by atoms with Gasteiger partial charge in [-0.25, -0.2) is 4.79 Å². The van der Waals surface area contributed by atoms with Crippen molar-refractivity contribution >= 4 is 11.9 Å². The third kappa shape index (κ3) is 3.64. The number of hydrogen-bond acceptors (Lipinski definition) is 3. The Morgan fingerprint density at radius 2 is 2.00 bits per heavy atom. The quantitative estimate of drug-likeness (QED) is 0.607. The molecule has 0 aromatic rings. The van der Waals surface area contributed by atoms with Gasteiger partial charge >= 0.3 is 12.1 Å². The Bertz CT molecular complexity index is 357. The number of alkyl halides is 3. The lowest BCUT2D eigenvalue weighted by atomic mass is 10.0. The molecule has 0 saturated carbocycles. The zero-order valence-electron chi connectivity index (χ0n) is 8.84. The molecule has 0 bridgehead atoms. The summed E-state index contributed by atoms with van der Waals surface area (Å²) in [6.45, 7) is 0.442. The Labute approximate surface area is 95.2 Å². The molecule has 0 fully saturated rings. The zero-order valence-corrected chi connectivity index (χ0v) is 8.84. The Hall–Kier alpha value is -1.75. The maximum atomic E-state index is 12.3. The van der Waals surface area contributed by atoms with E-state index < -0.39 is 36.1 Å². The number of carboxylic acid groups (broad SMARTS) is 1. The Morgan fingerprint density at radius 3 is 2.29 bits per heavy atom. The lowest BCUT2D eigenvalue weighted by Gasteiger charge is -2.27. The van der Waals surface area contributed by atoms with Gasteiger partial charge in [-0.2, -0.15) is 13.2 Å². The number of halogens is 3. The van der Waals surface area contributed by atoms with Gasteiger partial charge in [0.25, 0.3) is 0 Å². The number of amides is 1. The summed E-state index contributed by atoms with van der Waals surface area (Å²) < 4.78 is 37.0. The predicted octanol–water partition coefficient (Wildman–Crippen LogP) is -0.141. The van der Waals surface area contributed by atoms with Crippen LogP contribution in [0.2, 0.25) is 0 Å². The van der Waals surface area contributed by atoms with Crippen LogP contribution < -0.4 is 11.1 Å². The average Bonchev–Trinajstić information content (AvgIpc) is 2.14. The molecular weight excluding hydrogens is 241 g/mol. The molecule has 8 heteroatoms. The van der Waals surface area contributed by atoms with Gasteiger partial charge in [0.15, 0.2) is 5.54 Å². The van der Waals surface area contributed by atoms with Crippen molar-refractivity contribution in [3.05, 3.63) is 0 Å². The molecule has 1 amide bonds. The number of aliphatic carboxylic acids is 1. The SMILES string of the molecule is C#CCC(NC(=O)C(C)(N)C(F)(F)F)C(=O)O. The molecule has 2 atom stereocenters. The smallest absolute Gasteiger partial charge is 0.415 e. The second-order valence-corrected chi connectivity index (χ2v) is 3.47. The number of carbonyl (C=O) groups excluding carboxylic acids is 1. The number of rotatable bonds is 4. The molecule has 2 unspecified atom stereocenters. The van der Waals surface area contributed by atoms with Crippen LogP contribution in [0.5, 0.6) is 0 Å². The molecule has 0 aliphatic carbocycles. The van der Waals surface area contributed by atoms with Gasteiger partial charge < -0.3 is 16.2 Å². The third-order valence-electron chi connectivity index (χ3n) is 1.99. The first kappa shape index (κ1) is 15.2. The van der Waals surface area contributed by atoms with Gasteiger partial charge in [0, 0.05) is 6.42 Å². The van der Waals surface area contributed by atoms with Crippen molar-refractivity contribution in [1.29, 1.82) is 0 Å². The van der Waals surface area contributed by atoms with Gasteiger partial charge in [-0.1, -0.05) is 0 Å². The second-order valence-electron chi connectivity index (χ2n) is 3.47. The molecule has 0 aliphatic heterocycles. The summed E-state index contributed by atoms with van der Waals surface area (Å²) in [5.74, 6) is -1.25. The van der Waals surface area contributed by atoms with E-state index in [1.807, 2.05) is 5.92 Å². The Morgan fingerprint density at radius 1 is 1.53 bits per heavy atom. The Balaban J connectivity index is 4.86. The molecule has 5 nitrogen and oxygen atoms in total. The van der Waals surface area contributed by atoms with Gasteiger partial charge in [0.1, 0.15) is 6.04 Å². The first-order chi connectivity index (χ1) is 7.54. The van der Waals surface area contributed by atoms with Crippen LogP contribution in [0, 0.1) is 12.3 Å². The van der Waals surface area contributed by atoms with Crippen LogP contribution in [0.25, 0.3) is 0 Å². The molecule has 4 N–H and O–H groups in total. The van der Waals surface area contributed by atoms with E-state index >= 15 is 0 Å². The van der Waals surface area contributed by atoms with Crippen molar-refractivity contribution in [3.63, 3.8) is 0 Å². The highest BCUT2D eigenvalue weighted by atomic mass is 19.4. The van der Waals surface area contributed by atoms with E-state index in [2.05, 4.69) is 0 Å². The molecule has 0 spiro atoms. The van der Waals surface area contributed by atoms with Gasteiger partial charge in [-0.3, -0.25) is 4.79 Å². The first-order valence-corrected chi connectivity index (χ1v) is 4.37. The normalized spacial score (nSPS) is 16.5. The number of carbonyl (C=O) groups is 2. The van der Waals surface area contributed by atoms with E-state index in [1.54, 1.807) is 5.32 Å². The molecule has 0 rings (SSSR count). The number of hydrogen-bond donors (Lipinski definition) is 3. The van der Waals surface area contributed by atoms with Crippen LogP contribution in [-0.2, 0) is 9.59 Å². The number of carboxylic acids is 1. The van der Waals surface area contributed by atoms with Crippen LogP contribution in [0.4, 0.5) is 13.2 Å². The third-order valence-corrected chi connectivity index (χ3v) is 1.99. The zero-order chi connectivity index (χ0) is 13.9. The average molecular weight is 252 g/mol. The van der Waals surface area contributed by atoms with Crippen molar-refractivity contribution in [2.24, 2.45) is 5.73 Å². The topological polar surface area (TPSA) is 92.4 Å². The fraction of sp³-hybridized carbons (Fsp3) is 0.556. The number of terminal acetylenes is 1. The highest BCUT2D eigenvalue weighted by Gasteiger charge is 2.54. The first-order valence-electron chi connectivity index (χ1n) is 4.37. The highest BCUT2D eigenvalue weighted by Crippen LogP contribution is 2.28. The lowest BCUT2D eigenvalue weighted by molar-refractivity contribution is -0.188. The van der Waals surface area contributed by atoms with Gasteiger partial charge in [-0.15, -0.1) is 12.3 Å². The van der Waals surface area contributed by atoms with Crippen molar-refractivity contribution in [2.75, 3.05) is 0 Å². The molecule has 0 radical (unpaired) electrons. The van der Waals surface area contributed by atoms with Crippen molar-refractivity contribution < 1.29 is 27.9 Å². The summed E-state index contributed by atoms with van der Waals surface area (Å²) in [5, 5.41) is 10.2. The van der Waals surface area contributed by atoms with E-state index in [9.17, 15) is 22.8 Å². The molecule has 0 aliphatic rings. The highest BCUT2D eigenvalue weighted by molar-refractivity contribution is 5.90.